The highest BCUT2D eigenvalue weighted by molar-refractivity contribution is 7.98. The number of hydrogen-bond donors (Lipinski definition) is 2. The highest BCUT2D eigenvalue weighted by Crippen LogP contribution is 2.23. The topological polar surface area (TPSA) is 53.5 Å². The third-order valence-electron chi connectivity index (χ3n) is 3.08. The summed E-state index contributed by atoms with van der Waals surface area (Å²) in [7, 11) is 0. The fraction of sp³-hybridized carbons (Fsp3) is 0.125. The number of hydrogen-bond acceptors (Lipinski definition) is 4. The lowest BCUT2D eigenvalue weighted by atomic mass is 10.2. The van der Waals surface area contributed by atoms with Crippen LogP contribution in [0.5, 0.6) is 0 Å². The summed E-state index contributed by atoms with van der Waals surface area (Å²) in [5.41, 5.74) is 7.66. The Morgan fingerprint density at radius 1 is 1.00 bits per heavy atom. The van der Waals surface area contributed by atoms with Crippen LogP contribution in [0.1, 0.15) is 11.1 Å². The van der Waals surface area contributed by atoms with E-state index in [2.05, 4.69) is 52.2 Å². The minimum atomic E-state index is -0.117. The van der Waals surface area contributed by atoms with Crippen molar-refractivity contribution in [2.75, 3.05) is 6.54 Å². The fourth-order valence-corrected chi connectivity index (χ4v) is 2.83. The van der Waals surface area contributed by atoms with Gasteiger partial charge in [-0.25, -0.2) is 0 Å². The van der Waals surface area contributed by atoms with Gasteiger partial charge in [0.1, 0.15) is 12.4 Å². The molecule has 0 fully saturated rings. The normalized spacial score (nSPS) is 14.1. The van der Waals surface area contributed by atoms with Gasteiger partial charge in [0.2, 0.25) is 0 Å². The van der Waals surface area contributed by atoms with Crippen molar-refractivity contribution in [3.8, 4) is 0 Å². The molecule has 0 unspecified atom stereocenters. The van der Waals surface area contributed by atoms with Crippen LogP contribution < -0.4 is 10.9 Å². The highest BCUT2D eigenvalue weighted by Gasteiger charge is 2.11. The minimum absolute atomic E-state index is 0.117. The summed E-state index contributed by atoms with van der Waals surface area (Å²) in [6.07, 6.45) is 0. The molecule has 3 rings (SSSR count). The molecule has 0 bridgehead atoms. The van der Waals surface area contributed by atoms with Gasteiger partial charge in [0.05, 0.1) is 0 Å². The van der Waals surface area contributed by atoms with Crippen LogP contribution in [0, 0.1) is 0 Å². The third-order valence-corrected chi connectivity index (χ3v) is 4.16. The number of hydrazine groups is 1. The van der Waals surface area contributed by atoms with Crippen molar-refractivity contribution in [3.05, 3.63) is 65.7 Å². The first-order valence-electron chi connectivity index (χ1n) is 6.68. The maximum atomic E-state index is 11.0. The van der Waals surface area contributed by atoms with Crippen molar-refractivity contribution in [2.45, 2.75) is 10.6 Å². The largest absolute Gasteiger partial charge is 0.282 e. The Labute approximate surface area is 127 Å². The smallest absolute Gasteiger partial charge is 0.260 e. The summed E-state index contributed by atoms with van der Waals surface area (Å²) in [5, 5.41) is 0. The van der Waals surface area contributed by atoms with Crippen LogP contribution in [0.2, 0.25) is 0 Å². The van der Waals surface area contributed by atoms with Gasteiger partial charge in [-0.15, -0.1) is 11.8 Å². The summed E-state index contributed by atoms with van der Waals surface area (Å²) >= 11 is 1.80. The van der Waals surface area contributed by atoms with Crippen molar-refractivity contribution in [2.24, 2.45) is 4.99 Å². The molecule has 4 nitrogen and oxygen atoms in total. The molecule has 0 aliphatic carbocycles. The predicted molar refractivity (Wildman–Crippen MR) is 85.1 cm³/mol. The van der Waals surface area contributed by atoms with Gasteiger partial charge in [-0.2, -0.15) is 0 Å². The molecule has 1 heterocycles. The lowest BCUT2D eigenvalue weighted by Crippen LogP contribution is -2.47. The van der Waals surface area contributed by atoms with Gasteiger partial charge in [-0.05, 0) is 17.7 Å². The second-order valence-electron chi connectivity index (χ2n) is 4.64. The molecule has 0 aromatic heterocycles. The molecule has 2 aromatic carbocycles. The van der Waals surface area contributed by atoms with E-state index >= 15 is 0 Å². The molecule has 0 saturated carbocycles. The summed E-state index contributed by atoms with van der Waals surface area (Å²) in [4.78, 5) is 16.4. The zero-order chi connectivity index (χ0) is 14.5. The van der Waals surface area contributed by atoms with Crippen LogP contribution in [0.25, 0.3) is 0 Å². The van der Waals surface area contributed by atoms with Gasteiger partial charge in [-0.1, -0.05) is 42.5 Å². The molecule has 0 atom stereocenters. The van der Waals surface area contributed by atoms with Gasteiger partial charge in [0, 0.05) is 16.2 Å². The quantitative estimate of drug-likeness (QED) is 0.852. The average Bonchev–Trinajstić information content (AvgIpc) is 2.55. The van der Waals surface area contributed by atoms with Gasteiger partial charge >= 0.3 is 0 Å². The van der Waals surface area contributed by atoms with Crippen molar-refractivity contribution in [1.29, 1.82) is 0 Å². The lowest BCUT2D eigenvalue weighted by molar-refractivity contribution is -0.120. The van der Waals surface area contributed by atoms with Crippen molar-refractivity contribution < 1.29 is 4.79 Å². The maximum Gasteiger partial charge on any atom is 0.260 e. The van der Waals surface area contributed by atoms with E-state index in [0.717, 1.165) is 11.3 Å². The third kappa shape index (κ3) is 3.64. The van der Waals surface area contributed by atoms with Crippen LogP contribution in [0.15, 0.2) is 64.5 Å². The number of carbonyl (C=O) groups is 1. The van der Waals surface area contributed by atoms with E-state index in [1.54, 1.807) is 11.8 Å². The van der Waals surface area contributed by atoms with Gasteiger partial charge in [0.25, 0.3) is 5.91 Å². The SMILES string of the molecule is O=C1CN=C(c2ccc(SCc3ccccc3)cc2)NN1. The van der Waals surface area contributed by atoms with E-state index in [0.29, 0.717) is 5.84 Å². The van der Waals surface area contributed by atoms with E-state index in [4.69, 9.17) is 0 Å². The molecule has 2 N–H and O–H groups in total. The number of carbonyl (C=O) groups excluding carboxylic acids is 1. The molecule has 5 heteroatoms. The summed E-state index contributed by atoms with van der Waals surface area (Å²) < 4.78 is 0. The van der Waals surface area contributed by atoms with Crippen LogP contribution in [-0.4, -0.2) is 18.3 Å². The second-order valence-corrected chi connectivity index (χ2v) is 5.69. The molecule has 2 aromatic rings. The molecule has 1 amide bonds. The molecular formula is C16H15N3OS. The molecule has 106 valence electrons. The first kappa shape index (κ1) is 13.7. The van der Waals surface area contributed by atoms with E-state index in [-0.39, 0.29) is 12.5 Å². The van der Waals surface area contributed by atoms with Crippen molar-refractivity contribution in [1.82, 2.24) is 10.9 Å². The minimum Gasteiger partial charge on any atom is -0.282 e. The monoisotopic (exact) mass is 297 g/mol. The second kappa shape index (κ2) is 6.45. The number of amides is 1. The molecular weight excluding hydrogens is 282 g/mol. The summed E-state index contributed by atoms with van der Waals surface area (Å²) in [6.45, 7) is 0.173. The number of benzene rings is 2. The number of aliphatic imine (C=N–C) groups is 1. The Hall–Kier alpha value is -2.27. The molecule has 1 aliphatic rings. The number of thioether (sulfide) groups is 1. The summed E-state index contributed by atoms with van der Waals surface area (Å²) in [6, 6.07) is 18.6. The van der Waals surface area contributed by atoms with E-state index in [1.165, 1.54) is 10.5 Å². The predicted octanol–water partition coefficient (Wildman–Crippen LogP) is 2.36. The zero-order valence-corrected chi connectivity index (χ0v) is 12.2. The molecule has 0 saturated heterocycles. The van der Waals surface area contributed by atoms with E-state index < -0.39 is 0 Å². The molecule has 1 aliphatic heterocycles. The Morgan fingerprint density at radius 2 is 1.76 bits per heavy atom. The standard InChI is InChI=1S/C16H15N3OS/c20-15-10-17-16(19-18-15)13-6-8-14(9-7-13)21-11-12-4-2-1-3-5-12/h1-9H,10-11H2,(H,17,19)(H,18,20). The Morgan fingerprint density at radius 3 is 2.43 bits per heavy atom. The average molecular weight is 297 g/mol. The van der Waals surface area contributed by atoms with E-state index in [9.17, 15) is 4.79 Å². The zero-order valence-electron chi connectivity index (χ0n) is 11.4. The number of amidine groups is 1. The first-order valence-corrected chi connectivity index (χ1v) is 7.66. The van der Waals surface area contributed by atoms with Crippen LogP contribution in [0.3, 0.4) is 0 Å². The van der Waals surface area contributed by atoms with Gasteiger partial charge < -0.3 is 0 Å². The number of rotatable bonds is 4. The Kier molecular flexibility index (Phi) is 4.21. The fourth-order valence-electron chi connectivity index (χ4n) is 1.97. The van der Waals surface area contributed by atoms with Gasteiger partial charge in [0.15, 0.2) is 0 Å². The molecule has 0 radical (unpaired) electrons. The summed E-state index contributed by atoms with van der Waals surface area (Å²) in [5.74, 6) is 1.54. The van der Waals surface area contributed by atoms with Crippen LogP contribution in [0.4, 0.5) is 0 Å². The van der Waals surface area contributed by atoms with Crippen molar-refractivity contribution in [3.63, 3.8) is 0 Å². The molecule has 0 spiro atoms. The maximum absolute atomic E-state index is 11.0. The number of nitrogens with zero attached hydrogens (tertiary/aromatic N) is 1. The van der Waals surface area contributed by atoms with Crippen LogP contribution in [-0.2, 0) is 10.5 Å². The molecule has 21 heavy (non-hydrogen) atoms. The highest BCUT2D eigenvalue weighted by atomic mass is 32.2. The first-order chi connectivity index (χ1) is 10.3. The Balaban J connectivity index is 1.63. The number of nitrogens with one attached hydrogen (secondary N) is 2. The van der Waals surface area contributed by atoms with E-state index in [1.807, 2.05) is 18.2 Å². The van der Waals surface area contributed by atoms with Gasteiger partial charge in [-0.3, -0.25) is 20.6 Å². The lowest BCUT2D eigenvalue weighted by Gasteiger charge is -2.15. The Bertz CT molecular complexity index is 653. The van der Waals surface area contributed by atoms with Crippen molar-refractivity contribution >= 4 is 23.5 Å². The van der Waals surface area contributed by atoms with Crippen LogP contribution >= 0.6 is 11.8 Å².